The summed E-state index contributed by atoms with van der Waals surface area (Å²) in [5.41, 5.74) is 2.65. The van der Waals surface area contributed by atoms with E-state index in [9.17, 15) is 0 Å². The molecule has 0 aromatic heterocycles. The van der Waals surface area contributed by atoms with Crippen LogP contribution in [-0.2, 0) is 27.0 Å². The second-order valence-electron chi connectivity index (χ2n) is 14.6. The van der Waals surface area contributed by atoms with E-state index in [1.807, 2.05) is 12.7 Å². The van der Waals surface area contributed by atoms with Crippen molar-refractivity contribution in [2.45, 2.75) is 105 Å². The van der Waals surface area contributed by atoms with E-state index < -0.39 is 0 Å². The van der Waals surface area contributed by atoms with Gasteiger partial charge in [0.2, 0.25) is 0 Å². The molecule has 2 aromatic carbocycles. The molecule has 9 heteroatoms. The molecular formula is C38H56Br2N6Pd-2. The van der Waals surface area contributed by atoms with Gasteiger partial charge in [0, 0.05) is 25.2 Å². The fourth-order valence-electron chi connectivity index (χ4n) is 7.68. The van der Waals surface area contributed by atoms with Gasteiger partial charge < -0.3 is 19.8 Å². The second kappa shape index (κ2) is 19.7. The first-order chi connectivity index (χ1) is 22.7. The average Bonchev–Trinajstić information content (AvgIpc) is 3.72. The van der Waals surface area contributed by atoms with Gasteiger partial charge in [0.15, 0.2) is 0 Å². The van der Waals surface area contributed by atoms with Crippen molar-refractivity contribution >= 4 is 39.5 Å². The summed E-state index contributed by atoms with van der Waals surface area (Å²) >= 11 is 6.80. The minimum absolute atomic E-state index is 0.556. The molecule has 0 spiro atoms. The van der Waals surface area contributed by atoms with Crippen LogP contribution in [0, 0.1) is 48.8 Å². The second-order valence-corrected chi connectivity index (χ2v) is 21.8. The average molecular weight is 863 g/mol. The number of rotatable bonds is 8. The molecule has 6 atom stereocenters. The summed E-state index contributed by atoms with van der Waals surface area (Å²) in [5, 5.41) is 13.8. The van der Waals surface area contributed by atoms with Crippen LogP contribution in [0.4, 0.5) is 0 Å². The normalized spacial score (nSPS) is 27.3. The molecule has 0 unspecified atom stereocenters. The zero-order chi connectivity index (χ0) is 33.8. The Morgan fingerprint density at radius 1 is 0.660 bits per heavy atom. The number of halogens is 2. The van der Waals surface area contributed by atoms with Crippen molar-refractivity contribution in [3.05, 3.63) is 85.1 Å². The maximum absolute atomic E-state index is 4.68. The Hall–Kier alpha value is -1.40. The zero-order valence-electron chi connectivity index (χ0n) is 29.1. The van der Waals surface area contributed by atoms with Gasteiger partial charge in [0.05, 0.1) is 12.7 Å². The van der Waals surface area contributed by atoms with Crippen molar-refractivity contribution in [3.8, 4) is 0 Å². The Morgan fingerprint density at radius 2 is 1.02 bits per heavy atom. The molecule has 264 valence electrons. The molecular weight excluding hydrogens is 807 g/mol. The van der Waals surface area contributed by atoms with Crippen LogP contribution in [0.5, 0.6) is 0 Å². The quantitative estimate of drug-likeness (QED) is 0.196. The van der Waals surface area contributed by atoms with Crippen LogP contribution in [0.25, 0.3) is 0 Å². The van der Waals surface area contributed by atoms with E-state index >= 15 is 0 Å². The maximum atomic E-state index is 4.68. The van der Waals surface area contributed by atoms with Crippen LogP contribution < -0.4 is 0 Å². The number of benzene rings is 2. The summed E-state index contributed by atoms with van der Waals surface area (Å²) in [6.45, 7) is 20.4. The Kier molecular flexibility index (Phi) is 16.1. The molecule has 0 N–H and O–H groups in total. The van der Waals surface area contributed by atoms with Gasteiger partial charge >= 0.3 is 40.8 Å². The van der Waals surface area contributed by atoms with Gasteiger partial charge in [-0.1, -0.05) is 115 Å². The van der Waals surface area contributed by atoms with Gasteiger partial charge in [-0.05, 0) is 72.3 Å². The first-order valence-corrected chi connectivity index (χ1v) is 24.6. The first kappa shape index (κ1) is 38.4. The van der Waals surface area contributed by atoms with Crippen molar-refractivity contribution in [3.63, 3.8) is 0 Å². The molecule has 2 aliphatic heterocycles. The van der Waals surface area contributed by atoms with Crippen molar-refractivity contribution in [2.75, 3.05) is 0 Å². The van der Waals surface area contributed by atoms with Crippen LogP contribution in [0.1, 0.15) is 91.2 Å². The van der Waals surface area contributed by atoms with Crippen molar-refractivity contribution in [2.24, 2.45) is 45.7 Å². The van der Waals surface area contributed by atoms with Gasteiger partial charge in [-0.3, -0.25) is 0 Å². The number of nitrogens with zero attached hydrogens (tertiary/aromatic N) is 6. The fraction of sp³-hybridized carbons (Fsp3) is 0.579. The number of hydrogen-bond acceptors (Lipinski definition) is 6. The molecule has 0 saturated heterocycles. The SMILES string of the molecule is CC(C)[C@@H]1CC[C@@H](C)C[C@@H]1N1[CH-]N(Cc2ccccc2)C=N1.CC(C)[C@@H]1CC[C@@H](C)C[C@@H]1N1[CH-]N(Cc2ccccc2)C=N1.[Br][Pd][Br]. The topological polar surface area (TPSA) is 37.7 Å². The monoisotopic (exact) mass is 860 g/mol. The zero-order valence-corrected chi connectivity index (χ0v) is 33.8. The summed E-state index contributed by atoms with van der Waals surface area (Å²) in [5.74, 6) is 4.58. The molecule has 4 aliphatic rings. The predicted molar refractivity (Wildman–Crippen MR) is 201 cm³/mol. The van der Waals surface area contributed by atoms with Gasteiger partial charge in [0.25, 0.3) is 0 Å². The molecule has 2 fully saturated rings. The van der Waals surface area contributed by atoms with Gasteiger partial charge in [-0.15, -0.1) is 13.3 Å². The summed E-state index contributed by atoms with van der Waals surface area (Å²) in [4.78, 5) is 4.40. The van der Waals surface area contributed by atoms with E-state index in [2.05, 4.69) is 172 Å². The standard InChI is InChI=1S/2C19H28N3.2BrH.Pd/c2*1-15(2)18-10-9-16(3)11-19(18)22-14-21(13-20-22)12-17-7-5-4-6-8-17;;;/h2*4-8,13-16,18-19H,9-12H2,1-3H3;2*1H;/q2*-1;;;+2/p-2/t2*16-,18+,19+;;;/m11.../s1. The molecule has 2 saturated carbocycles. The van der Waals surface area contributed by atoms with Gasteiger partial charge in [0.1, 0.15) is 0 Å². The molecule has 2 heterocycles. The summed E-state index contributed by atoms with van der Waals surface area (Å²) in [7, 11) is 0. The van der Waals surface area contributed by atoms with E-state index in [1.165, 1.54) is 49.7 Å². The van der Waals surface area contributed by atoms with Crippen molar-refractivity contribution < 1.29 is 13.9 Å². The van der Waals surface area contributed by atoms with Gasteiger partial charge in [-0.25, -0.2) is 10.2 Å². The molecule has 2 aromatic rings. The first-order valence-electron chi connectivity index (χ1n) is 17.4. The summed E-state index contributed by atoms with van der Waals surface area (Å²) in [6, 6.07) is 22.3. The molecule has 0 radical (unpaired) electrons. The van der Waals surface area contributed by atoms with E-state index in [-0.39, 0.29) is 0 Å². The summed E-state index contributed by atoms with van der Waals surface area (Å²) in [6.07, 6.45) is 11.9. The Balaban J connectivity index is 0.000000197. The van der Waals surface area contributed by atoms with Crippen LogP contribution in [0.3, 0.4) is 0 Å². The fourth-order valence-corrected chi connectivity index (χ4v) is 7.68. The predicted octanol–water partition coefficient (Wildman–Crippen LogP) is 10.3. The van der Waals surface area contributed by atoms with E-state index in [1.54, 1.807) is 0 Å². The van der Waals surface area contributed by atoms with E-state index in [4.69, 9.17) is 0 Å². The third-order valence-electron chi connectivity index (χ3n) is 10.3. The minimum atomic E-state index is 0.556. The van der Waals surface area contributed by atoms with Crippen LogP contribution >= 0.6 is 26.9 Å². The number of hydrogen-bond donors (Lipinski definition) is 0. The Labute approximate surface area is 307 Å². The molecule has 2 aliphatic carbocycles. The Morgan fingerprint density at radius 3 is 1.36 bits per heavy atom. The van der Waals surface area contributed by atoms with Crippen LogP contribution in [0.2, 0.25) is 0 Å². The number of hydrazone groups is 2. The van der Waals surface area contributed by atoms with Crippen molar-refractivity contribution in [1.82, 2.24) is 19.8 Å². The van der Waals surface area contributed by atoms with Crippen LogP contribution in [0.15, 0.2) is 70.9 Å². The third kappa shape index (κ3) is 11.9. The van der Waals surface area contributed by atoms with E-state index in [0.717, 1.165) is 48.6 Å². The van der Waals surface area contributed by atoms with Crippen LogP contribution in [-0.4, -0.2) is 44.6 Å². The molecule has 0 bridgehead atoms. The van der Waals surface area contributed by atoms with Gasteiger partial charge in [-0.2, -0.15) is 0 Å². The molecule has 47 heavy (non-hydrogen) atoms. The molecule has 6 rings (SSSR count). The Bertz CT molecular complexity index is 1120. The summed E-state index contributed by atoms with van der Waals surface area (Å²) < 4.78 is 0. The molecule has 6 nitrogen and oxygen atoms in total. The third-order valence-corrected chi connectivity index (χ3v) is 10.3. The van der Waals surface area contributed by atoms with E-state index in [0.29, 0.717) is 26.0 Å². The van der Waals surface area contributed by atoms with Crippen molar-refractivity contribution in [1.29, 1.82) is 0 Å². The molecule has 0 amide bonds.